The zero-order valence-electron chi connectivity index (χ0n) is 28.9. The van der Waals surface area contributed by atoms with E-state index in [4.69, 9.17) is 4.74 Å². The summed E-state index contributed by atoms with van der Waals surface area (Å²) in [5, 5.41) is 21.3. The molecule has 0 radical (unpaired) electrons. The summed E-state index contributed by atoms with van der Waals surface area (Å²) < 4.78 is 5.70. The van der Waals surface area contributed by atoms with Gasteiger partial charge in [0.2, 0.25) is 0 Å². The number of aliphatic hydroxyl groups excluding tert-OH is 1. The number of esters is 1. The Bertz CT molecular complexity index is 1420. The number of phenols is 1. The number of aromatic hydroxyl groups is 1. The maximum absolute atomic E-state index is 13.5. The second-order valence-electron chi connectivity index (χ2n) is 13.6. The number of carbonyl (C=O) groups is 3. The number of hydrogen-bond acceptors (Lipinski definition) is 6. The van der Waals surface area contributed by atoms with Gasteiger partial charge >= 0.3 is 5.97 Å². The van der Waals surface area contributed by atoms with Crippen LogP contribution >= 0.6 is 0 Å². The van der Waals surface area contributed by atoms with Crippen LogP contribution in [0.2, 0.25) is 0 Å². The lowest BCUT2D eigenvalue weighted by Crippen LogP contribution is -2.34. The zero-order chi connectivity index (χ0) is 34.1. The van der Waals surface area contributed by atoms with E-state index in [1.54, 1.807) is 12.1 Å². The van der Waals surface area contributed by atoms with Crippen LogP contribution in [0.15, 0.2) is 71.4 Å². The number of Topliss-reactive ketones (excluding diaryl/α,β-unsaturated/α-hetero) is 1. The minimum Gasteiger partial charge on any atom is -0.507 e. The van der Waals surface area contributed by atoms with Crippen molar-refractivity contribution in [3.05, 3.63) is 82.5 Å². The number of rotatable bonds is 14. The fraction of sp³-hybridized carbons (Fsp3) is 0.525. The Labute approximate surface area is 276 Å². The number of ketones is 2. The average Bonchev–Trinajstić information content (AvgIpc) is 2.96. The number of aryl methyl sites for hydroxylation is 1. The molecule has 0 saturated heterocycles. The molecule has 0 fully saturated rings. The molecule has 6 atom stereocenters. The molecule has 0 heterocycles. The Morgan fingerprint density at radius 1 is 1.02 bits per heavy atom. The molecule has 1 aromatic carbocycles. The van der Waals surface area contributed by atoms with Gasteiger partial charge in [0.15, 0.2) is 5.78 Å². The van der Waals surface area contributed by atoms with Gasteiger partial charge in [-0.2, -0.15) is 0 Å². The van der Waals surface area contributed by atoms with Crippen LogP contribution in [-0.4, -0.2) is 33.9 Å². The molecule has 6 unspecified atom stereocenters. The van der Waals surface area contributed by atoms with Crippen LogP contribution in [-0.2, 0) is 20.8 Å². The second-order valence-corrected chi connectivity index (χ2v) is 13.6. The third-order valence-electron chi connectivity index (χ3n) is 9.64. The standard InChI is InChI=1S/C40H54O6/c1-9-10-11-14-30-22-36(44)39(37(23-30)46-40(45)29(8)42)34-21-26(5)17-19-32(34)27(6)13-12-15-35(43)38(28(7)41)33-20-25(4)16-18-31(33)24(2)3/h12-13,15,20-23,29,31-34,38,42,44H,2,9-11,14,16-19H2,1,3-8H3/b15-12-,27-13+. The normalized spacial score (nSPS) is 23.3. The van der Waals surface area contributed by atoms with Crippen molar-refractivity contribution >= 4 is 17.5 Å². The molecule has 0 aliphatic heterocycles. The van der Waals surface area contributed by atoms with Crippen LogP contribution in [0, 0.1) is 23.7 Å². The van der Waals surface area contributed by atoms with Gasteiger partial charge in [-0.3, -0.25) is 9.59 Å². The number of unbranched alkanes of at least 4 members (excludes halogenated alkanes) is 2. The molecule has 0 amide bonds. The van der Waals surface area contributed by atoms with Crippen molar-refractivity contribution < 1.29 is 29.3 Å². The van der Waals surface area contributed by atoms with Gasteiger partial charge in [0.05, 0.1) is 5.92 Å². The van der Waals surface area contributed by atoms with Crippen LogP contribution in [0.3, 0.4) is 0 Å². The van der Waals surface area contributed by atoms with Crippen molar-refractivity contribution in [3.8, 4) is 11.5 Å². The first-order valence-corrected chi connectivity index (χ1v) is 16.9. The molecule has 250 valence electrons. The largest absolute Gasteiger partial charge is 0.507 e. The summed E-state index contributed by atoms with van der Waals surface area (Å²) in [4.78, 5) is 38.9. The predicted octanol–water partition coefficient (Wildman–Crippen LogP) is 8.68. The molecule has 1 aromatic rings. The van der Waals surface area contributed by atoms with E-state index in [1.807, 2.05) is 26.0 Å². The van der Waals surface area contributed by atoms with Crippen molar-refractivity contribution in [3.63, 3.8) is 0 Å². The predicted molar refractivity (Wildman–Crippen MR) is 185 cm³/mol. The van der Waals surface area contributed by atoms with E-state index in [0.29, 0.717) is 5.56 Å². The first-order valence-electron chi connectivity index (χ1n) is 16.9. The number of ether oxygens (including phenoxy) is 1. The topological polar surface area (TPSA) is 101 Å². The Morgan fingerprint density at radius 2 is 1.67 bits per heavy atom. The third kappa shape index (κ3) is 9.51. The maximum Gasteiger partial charge on any atom is 0.340 e. The van der Waals surface area contributed by atoms with E-state index in [2.05, 4.69) is 39.5 Å². The Balaban J connectivity index is 1.96. The molecular weight excluding hydrogens is 576 g/mol. The number of benzene rings is 1. The summed E-state index contributed by atoms with van der Waals surface area (Å²) in [7, 11) is 0. The van der Waals surface area contributed by atoms with Crippen molar-refractivity contribution in [1.29, 1.82) is 0 Å². The summed E-state index contributed by atoms with van der Waals surface area (Å²) in [5.41, 5.74) is 5.77. The molecule has 3 rings (SSSR count). The van der Waals surface area contributed by atoms with E-state index in [1.165, 1.54) is 31.1 Å². The lowest BCUT2D eigenvalue weighted by atomic mass is 9.69. The molecule has 0 aromatic heterocycles. The first-order chi connectivity index (χ1) is 21.7. The van der Waals surface area contributed by atoms with E-state index >= 15 is 0 Å². The Kier molecular flexibility index (Phi) is 13.6. The summed E-state index contributed by atoms with van der Waals surface area (Å²) in [6, 6.07) is 3.58. The van der Waals surface area contributed by atoms with Gasteiger partial charge in [-0.15, -0.1) is 0 Å². The highest BCUT2D eigenvalue weighted by Crippen LogP contribution is 2.47. The highest BCUT2D eigenvalue weighted by molar-refractivity contribution is 6.07. The zero-order valence-corrected chi connectivity index (χ0v) is 28.9. The first kappa shape index (κ1) is 37.0. The Morgan fingerprint density at radius 3 is 2.28 bits per heavy atom. The molecule has 2 N–H and O–H groups in total. The van der Waals surface area contributed by atoms with Crippen LogP contribution in [0.4, 0.5) is 0 Å². The molecular formula is C40H54O6. The molecule has 46 heavy (non-hydrogen) atoms. The second kappa shape index (κ2) is 16.9. The van der Waals surface area contributed by atoms with E-state index in [9.17, 15) is 24.6 Å². The molecule has 2 aliphatic carbocycles. The number of aliphatic hydroxyl groups is 1. The van der Waals surface area contributed by atoms with Gasteiger partial charge in [0.25, 0.3) is 0 Å². The maximum atomic E-state index is 13.5. The quantitative estimate of drug-likeness (QED) is 0.0406. The van der Waals surface area contributed by atoms with E-state index in [-0.39, 0.29) is 46.7 Å². The average molecular weight is 631 g/mol. The van der Waals surface area contributed by atoms with Crippen molar-refractivity contribution in [2.75, 3.05) is 0 Å². The fourth-order valence-electron chi connectivity index (χ4n) is 7.06. The summed E-state index contributed by atoms with van der Waals surface area (Å²) in [6.07, 6.45) is 15.4. The molecule has 6 nitrogen and oxygen atoms in total. The van der Waals surface area contributed by atoms with Crippen molar-refractivity contribution in [1.82, 2.24) is 0 Å². The molecule has 2 aliphatic rings. The molecule has 0 bridgehead atoms. The summed E-state index contributed by atoms with van der Waals surface area (Å²) >= 11 is 0. The monoisotopic (exact) mass is 630 g/mol. The number of hydrogen-bond donors (Lipinski definition) is 2. The van der Waals surface area contributed by atoms with Crippen LogP contribution in [0.1, 0.15) is 110 Å². The van der Waals surface area contributed by atoms with Crippen LogP contribution in [0.5, 0.6) is 11.5 Å². The van der Waals surface area contributed by atoms with Crippen LogP contribution < -0.4 is 4.74 Å². The summed E-state index contributed by atoms with van der Waals surface area (Å²) in [6.45, 7) is 17.2. The Hall–Kier alpha value is -3.51. The van der Waals surface area contributed by atoms with Crippen molar-refractivity contribution in [2.45, 2.75) is 112 Å². The molecule has 6 heteroatoms. The van der Waals surface area contributed by atoms with E-state index < -0.39 is 18.0 Å². The van der Waals surface area contributed by atoms with Gasteiger partial charge in [-0.25, -0.2) is 4.79 Å². The highest BCUT2D eigenvalue weighted by atomic mass is 16.5. The molecule has 0 spiro atoms. The SMILES string of the molecule is C=C(C)C1CCC(C)=CC1C(C(C)=O)C(=O)/C=C\C=C(/C)C1CCC(C)=CC1c1c(O)cc(CCCCC)cc1OC(=O)C(C)O. The van der Waals surface area contributed by atoms with E-state index in [0.717, 1.165) is 68.1 Å². The van der Waals surface area contributed by atoms with Gasteiger partial charge in [0, 0.05) is 17.4 Å². The van der Waals surface area contributed by atoms with Gasteiger partial charge < -0.3 is 14.9 Å². The molecule has 0 saturated carbocycles. The fourth-order valence-corrected chi connectivity index (χ4v) is 7.06. The van der Waals surface area contributed by atoms with Gasteiger partial charge in [0.1, 0.15) is 23.4 Å². The third-order valence-corrected chi connectivity index (χ3v) is 9.64. The number of phenolic OH excluding ortho intramolecular Hbond substituents is 1. The van der Waals surface area contributed by atoms with Gasteiger partial charge in [-0.1, -0.05) is 72.9 Å². The minimum atomic E-state index is -1.31. The number of allylic oxidation sites excluding steroid dienone is 9. The minimum absolute atomic E-state index is 0.0374. The van der Waals surface area contributed by atoms with Crippen molar-refractivity contribution in [2.24, 2.45) is 23.7 Å². The lowest BCUT2D eigenvalue weighted by molar-refractivity contribution is -0.142. The number of carbonyl (C=O) groups excluding carboxylic acids is 3. The van der Waals surface area contributed by atoms with Gasteiger partial charge in [-0.05, 0) is 116 Å². The highest BCUT2D eigenvalue weighted by Gasteiger charge is 2.37. The summed E-state index contributed by atoms with van der Waals surface area (Å²) in [5.74, 6) is -1.98. The smallest absolute Gasteiger partial charge is 0.340 e. The van der Waals surface area contributed by atoms with Crippen LogP contribution in [0.25, 0.3) is 0 Å². The lowest BCUT2D eigenvalue weighted by Gasteiger charge is -2.33.